The molecular weight excluding hydrogens is 424 g/mol. The highest BCUT2D eigenvalue weighted by Gasteiger charge is 2.53. The number of aromatic amines is 1. The van der Waals surface area contributed by atoms with E-state index in [1.807, 2.05) is 60.4 Å². The van der Waals surface area contributed by atoms with Crippen LogP contribution < -0.4 is 0 Å². The zero-order chi connectivity index (χ0) is 23.3. The Hall–Kier alpha value is -4.31. The van der Waals surface area contributed by atoms with Crippen LogP contribution in [0.15, 0.2) is 78.9 Å². The van der Waals surface area contributed by atoms with E-state index in [1.165, 1.54) is 0 Å². The molecule has 0 fully saturated rings. The third kappa shape index (κ3) is 2.82. The Labute approximate surface area is 196 Å². The SMILES string of the molecule is C[C@@H]1C(=O)C(C#N)=C[C@]2(c3ccccc3)c3n[nH]c(-c4cnn(-c5ccncc5)c4)c3CC[C@@H]12. The molecule has 0 bridgehead atoms. The maximum absolute atomic E-state index is 12.9. The molecule has 166 valence electrons. The topological polar surface area (TPSA) is 100 Å². The predicted molar refractivity (Wildman–Crippen MR) is 126 cm³/mol. The van der Waals surface area contributed by atoms with Crippen LogP contribution in [0.25, 0.3) is 16.9 Å². The summed E-state index contributed by atoms with van der Waals surface area (Å²) in [6.07, 6.45) is 10.8. The molecule has 0 saturated carbocycles. The van der Waals surface area contributed by atoms with Crippen molar-refractivity contribution in [3.05, 3.63) is 95.7 Å². The van der Waals surface area contributed by atoms with Gasteiger partial charge in [-0.1, -0.05) is 37.3 Å². The first-order valence-electron chi connectivity index (χ1n) is 11.4. The summed E-state index contributed by atoms with van der Waals surface area (Å²) in [5.74, 6) is -0.304. The number of pyridine rings is 1. The standard InChI is InChI=1S/C27H22N6O/c1-17-23-8-7-22-24(19-15-30-33(16-19)21-9-11-29-12-10-21)31-32-26(22)27(23,13-18(14-28)25(17)34)20-5-3-2-4-6-20/h2-6,9-13,15-17,23H,7-8H2,1H3,(H,31,32)/t17-,23-,27+/m0/s1. The molecule has 0 aliphatic heterocycles. The van der Waals surface area contributed by atoms with Gasteiger partial charge >= 0.3 is 0 Å². The van der Waals surface area contributed by atoms with Gasteiger partial charge in [-0.15, -0.1) is 0 Å². The Morgan fingerprint density at radius 1 is 1.18 bits per heavy atom. The Kier molecular flexibility index (Phi) is 4.56. The second-order valence-corrected chi connectivity index (χ2v) is 9.01. The number of hydrogen-bond donors (Lipinski definition) is 1. The molecule has 3 aromatic heterocycles. The summed E-state index contributed by atoms with van der Waals surface area (Å²) in [7, 11) is 0. The van der Waals surface area contributed by atoms with Crippen molar-refractivity contribution in [1.29, 1.82) is 5.26 Å². The lowest BCUT2D eigenvalue weighted by molar-refractivity contribution is -0.121. The highest BCUT2D eigenvalue weighted by Crippen LogP contribution is 2.54. The van der Waals surface area contributed by atoms with Crippen LogP contribution in [0.1, 0.15) is 30.2 Å². The van der Waals surface area contributed by atoms with E-state index >= 15 is 0 Å². The highest BCUT2D eigenvalue weighted by atomic mass is 16.1. The Balaban J connectivity index is 1.54. The molecule has 2 aliphatic carbocycles. The molecule has 34 heavy (non-hydrogen) atoms. The van der Waals surface area contributed by atoms with Crippen LogP contribution in [0.5, 0.6) is 0 Å². The molecule has 4 aromatic rings. The fraction of sp³-hybridized carbons (Fsp3) is 0.222. The van der Waals surface area contributed by atoms with Gasteiger partial charge in [0.2, 0.25) is 0 Å². The van der Waals surface area contributed by atoms with E-state index in [-0.39, 0.29) is 23.2 Å². The summed E-state index contributed by atoms with van der Waals surface area (Å²) < 4.78 is 1.82. The molecule has 0 spiro atoms. The Bertz CT molecular complexity index is 1460. The molecule has 3 heterocycles. The number of allylic oxidation sites excluding steroid dienone is 2. The number of H-pyrrole nitrogens is 1. The second-order valence-electron chi connectivity index (χ2n) is 9.01. The largest absolute Gasteiger partial charge is 0.293 e. The maximum atomic E-state index is 12.9. The maximum Gasteiger partial charge on any atom is 0.176 e. The summed E-state index contributed by atoms with van der Waals surface area (Å²) in [4.78, 5) is 17.0. The van der Waals surface area contributed by atoms with Crippen molar-refractivity contribution < 1.29 is 4.79 Å². The van der Waals surface area contributed by atoms with E-state index in [4.69, 9.17) is 5.10 Å². The molecule has 2 aliphatic rings. The minimum Gasteiger partial charge on any atom is -0.293 e. The number of carbonyl (C=O) groups is 1. The van der Waals surface area contributed by atoms with Crippen molar-refractivity contribution in [2.45, 2.75) is 25.2 Å². The van der Waals surface area contributed by atoms with Gasteiger partial charge in [0, 0.05) is 35.6 Å². The van der Waals surface area contributed by atoms with Gasteiger partial charge in [0.15, 0.2) is 5.78 Å². The summed E-state index contributed by atoms with van der Waals surface area (Å²) in [6, 6.07) is 16.1. The smallest absolute Gasteiger partial charge is 0.176 e. The minimum atomic E-state index is -0.636. The zero-order valence-electron chi connectivity index (χ0n) is 18.6. The van der Waals surface area contributed by atoms with Crippen LogP contribution in [-0.4, -0.2) is 30.7 Å². The van der Waals surface area contributed by atoms with Crippen LogP contribution in [0.2, 0.25) is 0 Å². The highest BCUT2D eigenvalue weighted by molar-refractivity contribution is 6.02. The lowest BCUT2D eigenvalue weighted by Gasteiger charge is -2.46. The number of hydrogen-bond acceptors (Lipinski definition) is 5. The van der Waals surface area contributed by atoms with Crippen LogP contribution in [0.4, 0.5) is 0 Å². The summed E-state index contributed by atoms with van der Waals surface area (Å²) in [5, 5.41) is 22.4. The quantitative estimate of drug-likeness (QED) is 0.509. The molecule has 0 radical (unpaired) electrons. The average Bonchev–Trinajstić information content (AvgIpc) is 3.55. The van der Waals surface area contributed by atoms with Gasteiger partial charge in [-0.05, 0) is 42.5 Å². The van der Waals surface area contributed by atoms with Crippen LogP contribution in [0.3, 0.4) is 0 Å². The molecule has 6 rings (SSSR count). The number of nitrogens with one attached hydrogen (secondary N) is 1. The number of Topliss-reactive ketones (excluding diaryl/α,β-unsaturated/α-hetero) is 1. The van der Waals surface area contributed by atoms with Gasteiger partial charge in [-0.2, -0.15) is 15.5 Å². The van der Waals surface area contributed by atoms with Gasteiger partial charge in [0.05, 0.1) is 34.3 Å². The van der Waals surface area contributed by atoms with Crippen molar-refractivity contribution in [2.24, 2.45) is 11.8 Å². The average molecular weight is 447 g/mol. The van der Waals surface area contributed by atoms with Crippen molar-refractivity contribution in [3.63, 3.8) is 0 Å². The lowest BCUT2D eigenvalue weighted by Crippen LogP contribution is -2.48. The fourth-order valence-corrected chi connectivity index (χ4v) is 5.76. The number of fused-ring (bicyclic) bond motifs is 3. The molecule has 0 amide bonds. The summed E-state index contributed by atoms with van der Waals surface area (Å²) >= 11 is 0. The van der Waals surface area contributed by atoms with Gasteiger partial charge < -0.3 is 0 Å². The molecule has 3 atom stereocenters. The minimum absolute atomic E-state index is 0.0303. The van der Waals surface area contributed by atoms with E-state index in [1.54, 1.807) is 12.4 Å². The number of rotatable bonds is 3. The van der Waals surface area contributed by atoms with E-state index in [9.17, 15) is 10.1 Å². The Morgan fingerprint density at radius 3 is 2.74 bits per heavy atom. The van der Waals surface area contributed by atoms with Crippen molar-refractivity contribution >= 4 is 5.78 Å². The summed E-state index contributed by atoms with van der Waals surface area (Å²) in [6.45, 7) is 1.95. The molecule has 1 aromatic carbocycles. The number of nitrogens with zero attached hydrogens (tertiary/aromatic N) is 5. The first-order valence-corrected chi connectivity index (χ1v) is 11.4. The van der Waals surface area contributed by atoms with Crippen LogP contribution in [-0.2, 0) is 16.6 Å². The van der Waals surface area contributed by atoms with Crippen LogP contribution in [0, 0.1) is 23.2 Å². The van der Waals surface area contributed by atoms with Crippen LogP contribution >= 0.6 is 0 Å². The number of benzene rings is 1. The number of nitriles is 1. The molecule has 1 N–H and O–H groups in total. The number of aromatic nitrogens is 5. The second kappa shape index (κ2) is 7.63. The van der Waals surface area contributed by atoms with Crippen molar-refractivity contribution in [2.75, 3.05) is 0 Å². The van der Waals surface area contributed by atoms with E-state index in [0.717, 1.165) is 46.6 Å². The molecular formula is C27H22N6O. The predicted octanol–water partition coefficient (Wildman–Crippen LogP) is 4.17. The van der Waals surface area contributed by atoms with E-state index in [0.29, 0.717) is 0 Å². The van der Waals surface area contributed by atoms with E-state index in [2.05, 4.69) is 33.4 Å². The Morgan fingerprint density at radius 2 is 1.97 bits per heavy atom. The first-order chi connectivity index (χ1) is 16.6. The molecule has 0 unspecified atom stereocenters. The zero-order valence-corrected chi connectivity index (χ0v) is 18.6. The molecule has 7 heteroatoms. The van der Waals surface area contributed by atoms with Crippen molar-refractivity contribution in [1.82, 2.24) is 25.0 Å². The normalized spacial score (nSPS) is 23.5. The number of ketones is 1. The number of carbonyl (C=O) groups excluding carboxylic acids is 1. The molecule has 0 saturated heterocycles. The fourth-order valence-electron chi connectivity index (χ4n) is 5.76. The lowest BCUT2D eigenvalue weighted by atomic mass is 9.54. The first kappa shape index (κ1) is 20.3. The summed E-state index contributed by atoms with van der Waals surface area (Å²) in [5.41, 5.74) is 5.45. The van der Waals surface area contributed by atoms with Gasteiger partial charge in [-0.3, -0.25) is 14.9 Å². The third-order valence-electron chi connectivity index (χ3n) is 7.37. The van der Waals surface area contributed by atoms with Gasteiger partial charge in [0.25, 0.3) is 0 Å². The van der Waals surface area contributed by atoms with E-state index < -0.39 is 5.41 Å². The third-order valence-corrected chi connectivity index (χ3v) is 7.37. The van der Waals surface area contributed by atoms with Gasteiger partial charge in [-0.25, -0.2) is 4.68 Å². The van der Waals surface area contributed by atoms with Gasteiger partial charge in [0.1, 0.15) is 6.07 Å². The monoisotopic (exact) mass is 446 g/mol. The molecule has 7 nitrogen and oxygen atoms in total. The van der Waals surface area contributed by atoms with Crippen molar-refractivity contribution in [3.8, 4) is 23.0 Å².